The summed E-state index contributed by atoms with van der Waals surface area (Å²) in [5.74, 6) is 0.926. The van der Waals surface area contributed by atoms with Gasteiger partial charge in [0.25, 0.3) is 5.91 Å². The summed E-state index contributed by atoms with van der Waals surface area (Å²) in [7, 11) is 1.68. The van der Waals surface area contributed by atoms with Crippen LogP contribution in [0.15, 0.2) is 47.3 Å². The average molecular weight is 314 g/mol. The molecule has 23 heavy (non-hydrogen) atoms. The van der Waals surface area contributed by atoms with Gasteiger partial charge in [-0.2, -0.15) is 0 Å². The Bertz CT molecular complexity index is 646. The number of hydrogen-bond donors (Lipinski definition) is 0. The number of nitrogens with zero attached hydrogens (tertiary/aromatic N) is 2. The molecule has 1 atom stereocenters. The molecule has 1 amide bonds. The van der Waals surface area contributed by atoms with Gasteiger partial charge in [0.05, 0.1) is 18.9 Å². The van der Waals surface area contributed by atoms with Crippen molar-refractivity contribution in [2.45, 2.75) is 13.0 Å². The van der Waals surface area contributed by atoms with Crippen molar-refractivity contribution in [1.82, 2.24) is 9.80 Å². The number of amides is 1. The highest BCUT2D eigenvalue weighted by Gasteiger charge is 2.25. The molecule has 1 aliphatic heterocycles. The van der Waals surface area contributed by atoms with Crippen LogP contribution < -0.4 is 4.74 Å². The molecule has 1 fully saturated rings. The van der Waals surface area contributed by atoms with Gasteiger partial charge >= 0.3 is 0 Å². The summed E-state index contributed by atoms with van der Waals surface area (Å²) in [6.45, 7) is 5.39. The van der Waals surface area contributed by atoms with Crippen molar-refractivity contribution in [3.8, 4) is 5.75 Å². The minimum atomic E-state index is 0.0485. The van der Waals surface area contributed by atoms with Crippen molar-refractivity contribution >= 4 is 5.91 Å². The van der Waals surface area contributed by atoms with Crippen LogP contribution in [0, 0.1) is 0 Å². The molecule has 3 rings (SSSR count). The van der Waals surface area contributed by atoms with Gasteiger partial charge in [-0.1, -0.05) is 12.1 Å². The number of benzene rings is 1. The lowest BCUT2D eigenvalue weighted by molar-refractivity contribution is 0.0581. The molecule has 1 saturated heterocycles. The Morgan fingerprint density at radius 1 is 1.22 bits per heavy atom. The molecule has 1 aromatic heterocycles. The maximum Gasteiger partial charge on any atom is 0.257 e. The Morgan fingerprint density at radius 3 is 2.65 bits per heavy atom. The third kappa shape index (κ3) is 3.40. The van der Waals surface area contributed by atoms with E-state index < -0.39 is 0 Å². The van der Waals surface area contributed by atoms with Crippen molar-refractivity contribution in [3.05, 3.63) is 54.0 Å². The van der Waals surface area contributed by atoms with E-state index in [1.165, 1.54) is 18.1 Å². The third-order valence-electron chi connectivity index (χ3n) is 4.49. The fraction of sp³-hybridized carbons (Fsp3) is 0.389. The predicted molar refractivity (Wildman–Crippen MR) is 87.6 cm³/mol. The second-order valence-electron chi connectivity index (χ2n) is 5.79. The zero-order valence-corrected chi connectivity index (χ0v) is 13.6. The summed E-state index contributed by atoms with van der Waals surface area (Å²) >= 11 is 0. The Hall–Kier alpha value is -2.27. The number of carbonyl (C=O) groups excluding carboxylic acids is 1. The smallest absolute Gasteiger partial charge is 0.257 e. The van der Waals surface area contributed by atoms with Crippen molar-refractivity contribution in [1.29, 1.82) is 0 Å². The van der Waals surface area contributed by atoms with Crippen molar-refractivity contribution in [2.24, 2.45) is 0 Å². The lowest BCUT2D eigenvalue weighted by Gasteiger charge is -2.38. The van der Waals surface area contributed by atoms with Gasteiger partial charge < -0.3 is 14.1 Å². The van der Waals surface area contributed by atoms with E-state index in [1.807, 2.05) is 17.0 Å². The number of piperazine rings is 1. The molecule has 122 valence electrons. The molecule has 0 spiro atoms. The zero-order chi connectivity index (χ0) is 16.2. The molecule has 0 saturated carbocycles. The summed E-state index contributed by atoms with van der Waals surface area (Å²) < 4.78 is 10.3. The van der Waals surface area contributed by atoms with Crippen LogP contribution in [0.1, 0.15) is 28.9 Å². The van der Waals surface area contributed by atoms with E-state index in [9.17, 15) is 4.79 Å². The largest absolute Gasteiger partial charge is 0.497 e. The first-order chi connectivity index (χ1) is 11.2. The van der Waals surface area contributed by atoms with Gasteiger partial charge in [0.2, 0.25) is 0 Å². The van der Waals surface area contributed by atoms with Crippen LogP contribution in [0.25, 0.3) is 0 Å². The van der Waals surface area contributed by atoms with Crippen LogP contribution in [-0.4, -0.2) is 49.0 Å². The Balaban J connectivity index is 1.61. The first-order valence-corrected chi connectivity index (χ1v) is 7.88. The van der Waals surface area contributed by atoms with Crippen LogP contribution in [0.4, 0.5) is 0 Å². The topological polar surface area (TPSA) is 45.9 Å². The van der Waals surface area contributed by atoms with Gasteiger partial charge in [0, 0.05) is 32.2 Å². The quantitative estimate of drug-likeness (QED) is 0.870. The van der Waals surface area contributed by atoms with E-state index in [0.29, 0.717) is 11.6 Å². The van der Waals surface area contributed by atoms with Crippen LogP contribution in [0.2, 0.25) is 0 Å². The predicted octanol–water partition coefficient (Wildman–Crippen LogP) is 2.81. The number of methoxy groups -OCH3 is 1. The minimum Gasteiger partial charge on any atom is -0.497 e. The van der Waals surface area contributed by atoms with E-state index in [2.05, 4.69) is 24.0 Å². The van der Waals surface area contributed by atoms with E-state index in [0.717, 1.165) is 31.9 Å². The van der Waals surface area contributed by atoms with Crippen LogP contribution in [0.5, 0.6) is 5.75 Å². The maximum atomic E-state index is 12.3. The van der Waals surface area contributed by atoms with E-state index >= 15 is 0 Å². The van der Waals surface area contributed by atoms with E-state index in [4.69, 9.17) is 9.15 Å². The summed E-state index contributed by atoms with van der Waals surface area (Å²) in [6, 6.07) is 10.2. The fourth-order valence-electron chi connectivity index (χ4n) is 2.99. The molecule has 5 nitrogen and oxygen atoms in total. The molecular formula is C18H22N2O3. The number of rotatable bonds is 4. The van der Waals surface area contributed by atoms with Crippen molar-refractivity contribution < 1.29 is 13.9 Å². The lowest BCUT2D eigenvalue weighted by Crippen LogP contribution is -2.49. The second kappa shape index (κ2) is 6.87. The van der Waals surface area contributed by atoms with Crippen LogP contribution in [-0.2, 0) is 0 Å². The highest BCUT2D eigenvalue weighted by atomic mass is 16.5. The summed E-state index contributed by atoms with van der Waals surface area (Å²) in [6.07, 6.45) is 3.04. The Labute approximate surface area is 136 Å². The minimum absolute atomic E-state index is 0.0485. The lowest BCUT2D eigenvalue weighted by atomic mass is 10.1. The molecule has 0 N–H and O–H groups in total. The summed E-state index contributed by atoms with van der Waals surface area (Å²) in [5.41, 5.74) is 1.86. The molecule has 0 radical (unpaired) electrons. The third-order valence-corrected chi connectivity index (χ3v) is 4.49. The Kier molecular flexibility index (Phi) is 4.67. The average Bonchev–Trinajstić information content (AvgIpc) is 3.15. The fourth-order valence-corrected chi connectivity index (χ4v) is 2.99. The number of hydrogen-bond acceptors (Lipinski definition) is 4. The molecule has 0 bridgehead atoms. The summed E-state index contributed by atoms with van der Waals surface area (Å²) in [5, 5.41) is 0. The first kappa shape index (κ1) is 15.6. The van der Waals surface area contributed by atoms with Gasteiger partial charge in [-0.05, 0) is 30.7 Å². The first-order valence-electron chi connectivity index (χ1n) is 7.88. The van der Waals surface area contributed by atoms with Crippen molar-refractivity contribution in [3.63, 3.8) is 0 Å². The normalized spacial score (nSPS) is 17.0. The number of carbonyl (C=O) groups is 1. The van der Waals surface area contributed by atoms with E-state index in [-0.39, 0.29) is 5.91 Å². The molecule has 5 heteroatoms. The molecule has 2 heterocycles. The van der Waals surface area contributed by atoms with Gasteiger partial charge in [0.15, 0.2) is 0 Å². The standard InChI is InChI=1S/C18H22N2O3/c1-14(15-4-3-5-17(12-15)22-2)19-7-9-20(10-8-19)18(21)16-6-11-23-13-16/h3-6,11-14H,7-10H2,1-2H3/t14-/m1/s1. The van der Waals surface area contributed by atoms with Gasteiger partial charge in [-0.25, -0.2) is 0 Å². The van der Waals surface area contributed by atoms with Crippen LogP contribution in [0.3, 0.4) is 0 Å². The summed E-state index contributed by atoms with van der Waals surface area (Å²) in [4.78, 5) is 16.6. The second-order valence-corrected chi connectivity index (χ2v) is 5.79. The highest BCUT2D eigenvalue weighted by Crippen LogP contribution is 2.25. The van der Waals surface area contributed by atoms with Gasteiger partial charge in [-0.3, -0.25) is 9.69 Å². The molecule has 0 unspecified atom stereocenters. The van der Waals surface area contributed by atoms with Crippen molar-refractivity contribution in [2.75, 3.05) is 33.3 Å². The maximum absolute atomic E-state index is 12.3. The molecule has 1 aliphatic rings. The number of furan rings is 1. The molecule has 0 aliphatic carbocycles. The molecule has 1 aromatic carbocycles. The van der Waals surface area contributed by atoms with Gasteiger partial charge in [0.1, 0.15) is 12.0 Å². The molecular weight excluding hydrogens is 292 g/mol. The van der Waals surface area contributed by atoms with E-state index in [1.54, 1.807) is 13.2 Å². The SMILES string of the molecule is COc1cccc([C@@H](C)N2CCN(C(=O)c3ccoc3)CC2)c1. The molecule has 2 aromatic rings. The monoisotopic (exact) mass is 314 g/mol. The number of ether oxygens (including phenoxy) is 1. The zero-order valence-electron chi connectivity index (χ0n) is 13.6. The Morgan fingerprint density at radius 2 is 2.00 bits per heavy atom. The van der Waals surface area contributed by atoms with Crippen LogP contribution >= 0.6 is 0 Å². The highest BCUT2D eigenvalue weighted by molar-refractivity contribution is 5.93. The van der Waals surface area contributed by atoms with Gasteiger partial charge in [-0.15, -0.1) is 0 Å².